The molecule has 0 fully saturated rings. The Morgan fingerprint density at radius 1 is 1.32 bits per heavy atom. The Morgan fingerprint density at radius 2 is 2.03 bits per heavy atom. The van der Waals surface area contributed by atoms with Gasteiger partial charge in [0.15, 0.2) is 0 Å². The fourth-order valence-corrected chi connectivity index (χ4v) is 3.54. The summed E-state index contributed by atoms with van der Waals surface area (Å²) in [7, 11) is 1.89. The number of benzene rings is 2. The number of aliphatic carboxylic acids is 1. The van der Waals surface area contributed by atoms with Crippen LogP contribution in [0.5, 0.6) is 5.75 Å². The number of carbonyl (C=O) groups is 2. The number of aldehydes is 1. The molecule has 1 unspecified atom stereocenters. The van der Waals surface area contributed by atoms with Gasteiger partial charge in [-0.05, 0) is 35.4 Å². The highest BCUT2D eigenvalue weighted by Gasteiger charge is 2.40. The van der Waals surface area contributed by atoms with E-state index in [1.165, 1.54) is 0 Å². The summed E-state index contributed by atoms with van der Waals surface area (Å²) in [6.07, 6.45) is -2.11. The Kier molecular flexibility index (Phi) is 6.90. The normalized spacial score (nSPS) is 18.4. The van der Waals surface area contributed by atoms with E-state index in [0.717, 1.165) is 16.8 Å². The van der Waals surface area contributed by atoms with Gasteiger partial charge in [0.2, 0.25) is 0 Å². The Hall–Kier alpha value is -3.00. The number of fused-ring (bicyclic) bond motifs is 1. The molecule has 2 heterocycles. The molecule has 164 valence electrons. The molecule has 0 saturated carbocycles. The lowest BCUT2D eigenvalue weighted by Gasteiger charge is -2.19. The molecule has 0 amide bonds. The minimum absolute atomic E-state index is 0.0233. The van der Waals surface area contributed by atoms with E-state index in [1.54, 1.807) is 12.1 Å². The predicted molar refractivity (Wildman–Crippen MR) is 112 cm³/mol. The maximum Gasteiger partial charge on any atom is 0.402 e. The second-order valence-corrected chi connectivity index (χ2v) is 7.67. The first-order valence-electron chi connectivity index (χ1n) is 9.60. The SMILES string of the molecule is CN1N=C(c2ccc(Cl)cc2)CC1c1ccc2c(c1)CC(F)(F)O2.O=CCCC(=O)O. The molecule has 4 rings (SSSR count). The maximum atomic E-state index is 13.4. The van der Waals surface area contributed by atoms with Gasteiger partial charge in [0.05, 0.1) is 24.6 Å². The summed E-state index contributed by atoms with van der Waals surface area (Å²) in [6, 6.07) is 12.8. The highest BCUT2D eigenvalue weighted by molar-refractivity contribution is 6.30. The number of carboxylic acids is 1. The number of hydrazone groups is 1. The van der Waals surface area contributed by atoms with Crippen LogP contribution in [0.1, 0.15) is 42.0 Å². The third-order valence-electron chi connectivity index (χ3n) is 4.89. The molecule has 0 radical (unpaired) electrons. The lowest BCUT2D eigenvalue weighted by atomic mass is 9.96. The topological polar surface area (TPSA) is 79.2 Å². The van der Waals surface area contributed by atoms with Crippen molar-refractivity contribution in [3.63, 3.8) is 0 Å². The Balaban J connectivity index is 0.000000339. The van der Waals surface area contributed by atoms with E-state index in [2.05, 4.69) is 9.84 Å². The first-order valence-corrected chi connectivity index (χ1v) is 9.97. The van der Waals surface area contributed by atoms with Crippen LogP contribution in [0.2, 0.25) is 5.02 Å². The van der Waals surface area contributed by atoms with Crippen molar-refractivity contribution in [1.29, 1.82) is 0 Å². The van der Waals surface area contributed by atoms with Crippen molar-refractivity contribution in [3.8, 4) is 5.75 Å². The van der Waals surface area contributed by atoms with Gasteiger partial charge in [0.1, 0.15) is 12.0 Å². The van der Waals surface area contributed by atoms with Gasteiger partial charge in [-0.25, -0.2) is 0 Å². The zero-order valence-corrected chi connectivity index (χ0v) is 17.5. The molecule has 2 aromatic carbocycles. The first-order chi connectivity index (χ1) is 14.7. The van der Waals surface area contributed by atoms with Crippen LogP contribution in [-0.2, 0) is 16.0 Å². The van der Waals surface area contributed by atoms with Crippen molar-refractivity contribution in [3.05, 3.63) is 64.2 Å². The zero-order valence-electron chi connectivity index (χ0n) is 16.7. The summed E-state index contributed by atoms with van der Waals surface area (Å²) in [4.78, 5) is 19.0. The van der Waals surface area contributed by atoms with Crippen molar-refractivity contribution >= 4 is 29.6 Å². The molecule has 0 aromatic heterocycles. The number of carbonyl (C=O) groups excluding carboxylic acids is 1. The predicted octanol–water partition coefficient (Wildman–Crippen LogP) is 4.70. The average Bonchev–Trinajstić information content (AvgIpc) is 3.24. The monoisotopic (exact) mass is 450 g/mol. The fraction of sp³-hybridized carbons (Fsp3) is 0.318. The number of alkyl halides is 2. The molecule has 2 aromatic rings. The van der Waals surface area contributed by atoms with E-state index < -0.39 is 12.1 Å². The smallest absolute Gasteiger partial charge is 0.402 e. The van der Waals surface area contributed by atoms with Crippen LogP contribution in [0.4, 0.5) is 8.78 Å². The van der Waals surface area contributed by atoms with Crippen LogP contribution in [0.3, 0.4) is 0 Å². The Bertz CT molecular complexity index is 996. The van der Waals surface area contributed by atoms with Gasteiger partial charge < -0.3 is 14.6 Å². The average molecular weight is 451 g/mol. The molecule has 2 aliphatic rings. The Labute approximate surface area is 183 Å². The first kappa shape index (κ1) is 22.7. The number of ether oxygens (including phenoxy) is 1. The number of hydrogen-bond donors (Lipinski definition) is 1. The van der Waals surface area contributed by atoms with Crippen molar-refractivity contribution in [2.75, 3.05) is 7.05 Å². The van der Waals surface area contributed by atoms with E-state index >= 15 is 0 Å². The molecule has 0 bridgehead atoms. The molecule has 1 atom stereocenters. The van der Waals surface area contributed by atoms with Crippen LogP contribution < -0.4 is 4.74 Å². The Morgan fingerprint density at radius 3 is 2.65 bits per heavy atom. The van der Waals surface area contributed by atoms with Crippen LogP contribution in [0.25, 0.3) is 0 Å². The van der Waals surface area contributed by atoms with E-state index in [0.29, 0.717) is 23.3 Å². The maximum absolute atomic E-state index is 13.4. The largest absolute Gasteiger partial charge is 0.481 e. The highest BCUT2D eigenvalue weighted by atomic mass is 35.5. The summed E-state index contributed by atoms with van der Waals surface area (Å²) in [6.45, 7) is 0. The minimum Gasteiger partial charge on any atom is -0.481 e. The van der Waals surface area contributed by atoms with Gasteiger partial charge in [-0.1, -0.05) is 29.8 Å². The highest BCUT2D eigenvalue weighted by Crippen LogP contribution is 2.40. The van der Waals surface area contributed by atoms with E-state index in [9.17, 15) is 18.4 Å². The van der Waals surface area contributed by atoms with E-state index in [4.69, 9.17) is 16.7 Å². The lowest BCUT2D eigenvalue weighted by Crippen LogP contribution is -2.20. The molecule has 6 nitrogen and oxygen atoms in total. The summed E-state index contributed by atoms with van der Waals surface area (Å²) >= 11 is 5.93. The summed E-state index contributed by atoms with van der Waals surface area (Å²) < 4.78 is 31.4. The van der Waals surface area contributed by atoms with Gasteiger partial charge in [0, 0.05) is 30.5 Å². The zero-order chi connectivity index (χ0) is 22.6. The summed E-state index contributed by atoms with van der Waals surface area (Å²) in [5.41, 5.74) is 3.49. The number of rotatable bonds is 5. The molecular formula is C22H21ClF2N2O4. The fourth-order valence-electron chi connectivity index (χ4n) is 3.41. The minimum atomic E-state index is -3.10. The van der Waals surface area contributed by atoms with Crippen molar-refractivity contribution in [2.24, 2.45) is 5.10 Å². The number of carboxylic acid groups (broad SMARTS) is 1. The summed E-state index contributed by atoms with van der Waals surface area (Å²) in [5.74, 6) is -0.657. The van der Waals surface area contributed by atoms with Crippen molar-refractivity contribution in [2.45, 2.75) is 37.8 Å². The standard InChI is InChI=1S/C18H15ClF2N2O.C4H6O3/c1-23-16(9-15(22-23)11-2-5-14(19)6-3-11)12-4-7-17-13(8-12)10-18(20,21)24-17;5-3-1-2-4(6)7/h2-8,16H,9-10H2,1H3;3H,1-2H2,(H,6,7). The molecule has 9 heteroatoms. The molecule has 0 saturated heterocycles. The molecule has 2 aliphatic heterocycles. The van der Waals surface area contributed by atoms with E-state index in [-0.39, 0.29) is 31.1 Å². The lowest BCUT2D eigenvalue weighted by molar-refractivity contribution is -0.159. The molecule has 0 aliphatic carbocycles. The molecule has 1 N–H and O–H groups in total. The number of hydrogen-bond acceptors (Lipinski definition) is 5. The number of nitrogens with zero attached hydrogens (tertiary/aromatic N) is 2. The van der Waals surface area contributed by atoms with Crippen LogP contribution in [0, 0.1) is 0 Å². The van der Waals surface area contributed by atoms with Crippen LogP contribution >= 0.6 is 11.6 Å². The van der Waals surface area contributed by atoms with Crippen molar-refractivity contribution in [1.82, 2.24) is 5.01 Å². The third kappa shape index (κ3) is 5.79. The second kappa shape index (κ2) is 9.43. The summed E-state index contributed by atoms with van der Waals surface area (Å²) in [5, 5.41) is 15.0. The number of halogens is 3. The van der Waals surface area contributed by atoms with Gasteiger partial charge >= 0.3 is 12.1 Å². The van der Waals surface area contributed by atoms with Gasteiger partial charge in [-0.15, -0.1) is 0 Å². The van der Waals surface area contributed by atoms with Crippen LogP contribution in [0.15, 0.2) is 47.6 Å². The molecule has 0 spiro atoms. The van der Waals surface area contributed by atoms with Gasteiger partial charge in [0.25, 0.3) is 0 Å². The van der Waals surface area contributed by atoms with E-state index in [1.807, 2.05) is 42.4 Å². The van der Waals surface area contributed by atoms with Gasteiger partial charge in [-0.3, -0.25) is 9.80 Å². The van der Waals surface area contributed by atoms with Crippen LogP contribution in [-0.4, -0.2) is 41.2 Å². The van der Waals surface area contributed by atoms with Gasteiger partial charge in [-0.2, -0.15) is 13.9 Å². The molecular weight excluding hydrogens is 430 g/mol. The third-order valence-corrected chi connectivity index (χ3v) is 5.15. The molecule has 31 heavy (non-hydrogen) atoms. The quantitative estimate of drug-likeness (QED) is 0.668. The second-order valence-electron chi connectivity index (χ2n) is 7.23. The van der Waals surface area contributed by atoms with Crippen molar-refractivity contribution < 1.29 is 28.2 Å².